The van der Waals surface area contributed by atoms with Crippen molar-refractivity contribution in [2.45, 2.75) is 303 Å². The molecular formula is C66H114O6. The van der Waals surface area contributed by atoms with Gasteiger partial charge in [0, 0.05) is 19.3 Å². The molecule has 0 aromatic carbocycles. The van der Waals surface area contributed by atoms with Crippen LogP contribution >= 0.6 is 0 Å². The lowest BCUT2D eigenvalue weighted by molar-refractivity contribution is -0.167. The van der Waals surface area contributed by atoms with Gasteiger partial charge in [-0.05, 0) is 96.3 Å². The molecule has 0 radical (unpaired) electrons. The number of esters is 3. The number of ether oxygens (including phenoxy) is 3. The molecule has 0 spiro atoms. The van der Waals surface area contributed by atoms with Crippen LogP contribution in [-0.2, 0) is 28.6 Å². The number of hydrogen-bond acceptors (Lipinski definition) is 6. The number of hydrogen-bond donors (Lipinski definition) is 0. The molecule has 0 aromatic heterocycles. The van der Waals surface area contributed by atoms with E-state index in [0.717, 1.165) is 103 Å². The summed E-state index contributed by atoms with van der Waals surface area (Å²) in [6.45, 7) is 6.50. The molecule has 0 bridgehead atoms. The maximum Gasteiger partial charge on any atom is 0.306 e. The summed E-state index contributed by atoms with van der Waals surface area (Å²) in [6.07, 6.45) is 78.7. The molecule has 0 N–H and O–H groups in total. The minimum atomic E-state index is -0.797. The van der Waals surface area contributed by atoms with Gasteiger partial charge in [0.15, 0.2) is 6.10 Å². The van der Waals surface area contributed by atoms with Crippen LogP contribution in [0.2, 0.25) is 0 Å². The third kappa shape index (κ3) is 57.5. The highest BCUT2D eigenvalue weighted by Gasteiger charge is 2.19. The lowest BCUT2D eigenvalue weighted by Crippen LogP contribution is -2.30. The van der Waals surface area contributed by atoms with Gasteiger partial charge in [0.2, 0.25) is 0 Å². The van der Waals surface area contributed by atoms with E-state index in [1.54, 1.807) is 0 Å². The average Bonchev–Trinajstić information content (AvgIpc) is 3.38. The van der Waals surface area contributed by atoms with Gasteiger partial charge in [-0.15, -0.1) is 0 Å². The smallest absolute Gasteiger partial charge is 0.306 e. The van der Waals surface area contributed by atoms with Crippen LogP contribution in [0.5, 0.6) is 0 Å². The van der Waals surface area contributed by atoms with Crippen LogP contribution in [0.25, 0.3) is 0 Å². The van der Waals surface area contributed by atoms with Crippen molar-refractivity contribution >= 4 is 17.9 Å². The van der Waals surface area contributed by atoms with E-state index in [1.165, 1.54) is 154 Å². The third-order valence-corrected chi connectivity index (χ3v) is 13.1. The summed E-state index contributed by atoms with van der Waals surface area (Å²) in [5.41, 5.74) is 0. The zero-order chi connectivity index (χ0) is 52.2. The van der Waals surface area contributed by atoms with E-state index in [9.17, 15) is 14.4 Å². The molecule has 0 aromatic rings. The minimum Gasteiger partial charge on any atom is -0.462 e. The first-order chi connectivity index (χ1) is 35.5. The van der Waals surface area contributed by atoms with Crippen molar-refractivity contribution < 1.29 is 28.6 Å². The van der Waals surface area contributed by atoms with Gasteiger partial charge in [-0.1, -0.05) is 266 Å². The highest BCUT2D eigenvalue weighted by Crippen LogP contribution is 2.16. The van der Waals surface area contributed by atoms with E-state index in [-0.39, 0.29) is 31.1 Å². The number of carbonyl (C=O) groups excluding carboxylic acids is 3. The molecule has 0 amide bonds. The Morgan fingerprint density at radius 1 is 0.292 bits per heavy atom. The van der Waals surface area contributed by atoms with Crippen molar-refractivity contribution in [1.82, 2.24) is 0 Å². The summed E-state index contributed by atoms with van der Waals surface area (Å²) in [6, 6.07) is 0. The summed E-state index contributed by atoms with van der Waals surface area (Å²) < 4.78 is 16.9. The standard InChI is InChI=1S/C66H114O6/c1-4-7-10-13-16-19-22-25-28-30-32-33-35-36-38-41-44-47-50-53-56-59-65(68)71-62-63(61-70-64(67)58-55-52-49-46-43-40-27-24-21-18-15-12-9-6-3)72-66(69)60-57-54-51-48-45-42-39-37-34-31-29-26-23-20-17-14-11-8-5-2/h7,10,16,19,24-25,27-28,32-33,36,38,44,47,63H,4-6,8-9,11-15,17-18,20-23,26,29-31,34-35,37,39-43,45-46,48-62H2,1-3H3/b10-7-,19-16-,27-24-,28-25-,33-32-,38-36-,47-44-. The Hall–Kier alpha value is -3.41. The molecule has 0 aliphatic heterocycles. The Kier molecular flexibility index (Phi) is 57.3. The van der Waals surface area contributed by atoms with Crippen LogP contribution < -0.4 is 0 Å². The maximum atomic E-state index is 12.9. The van der Waals surface area contributed by atoms with Crippen LogP contribution in [0.3, 0.4) is 0 Å². The maximum absolute atomic E-state index is 12.9. The molecule has 0 heterocycles. The molecule has 0 rings (SSSR count). The van der Waals surface area contributed by atoms with Gasteiger partial charge < -0.3 is 14.2 Å². The van der Waals surface area contributed by atoms with Crippen molar-refractivity contribution in [3.05, 3.63) is 85.1 Å². The first kappa shape index (κ1) is 68.6. The van der Waals surface area contributed by atoms with E-state index in [4.69, 9.17) is 14.2 Å². The Bertz CT molecular complexity index is 1380. The predicted molar refractivity (Wildman–Crippen MR) is 311 cm³/mol. The lowest BCUT2D eigenvalue weighted by atomic mass is 10.0. The van der Waals surface area contributed by atoms with Gasteiger partial charge >= 0.3 is 17.9 Å². The van der Waals surface area contributed by atoms with E-state index in [2.05, 4.69) is 106 Å². The molecule has 72 heavy (non-hydrogen) atoms. The number of unbranched alkanes of at least 4 members (excludes halogenated alkanes) is 30. The van der Waals surface area contributed by atoms with Crippen molar-refractivity contribution in [3.8, 4) is 0 Å². The highest BCUT2D eigenvalue weighted by molar-refractivity contribution is 5.71. The molecule has 0 saturated heterocycles. The Labute approximate surface area is 445 Å². The van der Waals surface area contributed by atoms with Crippen molar-refractivity contribution in [2.75, 3.05) is 13.2 Å². The molecule has 1 unspecified atom stereocenters. The molecule has 6 heteroatoms. The van der Waals surface area contributed by atoms with Gasteiger partial charge in [0.1, 0.15) is 13.2 Å². The minimum absolute atomic E-state index is 0.0926. The van der Waals surface area contributed by atoms with Gasteiger partial charge in [0.05, 0.1) is 0 Å². The largest absolute Gasteiger partial charge is 0.462 e. The Balaban J connectivity index is 4.43. The SMILES string of the molecule is CC/C=C\C/C=C\C/C=C\C/C=C\C/C=C\C/C=C\CCCCC(=O)OCC(COC(=O)CCCCCCC/C=C\CCCCCCC)OC(=O)CCCCCCCCCCCCCCCCCCCCC. The summed E-state index contributed by atoms with van der Waals surface area (Å²) in [7, 11) is 0. The third-order valence-electron chi connectivity index (χ3n) is 13.1. The second-order valence-electron chi connectivity index (χ2n) is 20.2. The second-order valence-corrected chi connectivity index (χ2v) is 20.2. The van der Waals surface area contributed by atoms with E-state index >= 15 is 0 Å². The molecule has 414 valence electrons. The number of allylic oxidation sites excluding steroid dienone is 14. The molecular weight excluding hydrogens is 889 g/mol. The fourth-order valence-corrected chi connectivity index (χ4v) is 8.56. The van der Waals surface area contributed by atoms with Crippen LogP contribution in [0.15, 0.2) is 85.1 Å². The first-order valence-electron chi connectivity index (χ1n) is 30.6. The van der Waals surface area contributed by atoms with Gasteiger partial charge in [-0.3, -0.25) is 14.4 Å². The molecule has 6 nitrogen and oxygen atoms in total. The summed E-state index contributed by atoms with van der Waals surface area (Å²) in [5.74, 6) is -0.934. The van der Waals surface area contributed by atoms with Crippen LogP contribution in [0.1, 0.15) is 297 Å². The van der Waals surface area contributed by atoms with Crippen molar-refractivity contribution in [2.24, 2.45) is 0 Å². The second kappa shape index (κ2) is 60.1. The normalized spacial score (nSPS) is 12.7. The van der Waals surface area contributed by atoms with Crippen LogP contribution in [0.4, 0.5) is 0 Å². The molecule has 1 atom stereocenters. The topological polar surface area (TPSA) is 78.9 Å². The van der Waals surface area contributed by atoms with Gasteiger partial charge in [0.25, 0.3) is 0 Å². The highest BCUT2D eigenvalue weighted by atomic mass is 16.6. The molecule has 0 fully saturated rings. The zero-order valence-electron chi connectivity index (χ0n) is 47.4. The van der Waals surface area contributed by atoms with E-state index in [1.807, 2.05) is 0 Å². The average molecular weight is 1000 g/mol. The lowest BCUT2D eigenvalue weighted by Gasteiger charge is -2.18. The number of carbonyl (C=O) groups is 3. The van der Waals surface area contributed by atoms with Gasteiger partial charge in [-0.25, -0.2) is 0 Å². The summed E-state index contributed by atoms with van der Waals surface area (Å²) in [4.78, 5) is 38.2. The number of rotatable bonds is 55. The quantitative estimate of drug-likeness (QED) is 0.0261. The van der Waals surface area contributed by atoms with Crippen LogP contribution in [-0.4, -0.2) is 37.2 Å². The molecule has 0 aliphatic rings. The molecule has 0 saturated carbocycles. The van der Waals surface area contributed by atoms with Crippen molar-refractivity contribution in [3.63, 3.8) is 0 Å². The fraction of sp³-hybridized carbons (Fsp3) is 0.742. The first-order valence-corrected chi connectivity index (χ1v) is 30.6. The summed E-state index contributed by atoms with van der Waals surface area (Å²) in [5, 5.41) is 0. The molecule has 0 aliphatic carbocycles. The summed E-state index contributed by atoms with van der Waals surface area (Å²) >= 11 is 0. The predicted octanol–water partition coefficient (Wildman–Crippen LogP) is 20.7. The zero-order valence-corrected chi connectivity index (χ0v) is 47.4. The van der Waals surface area contributed by atoms with Crippen molar-refractivity contribution in [1.29, 1.82) is 0 Å². The Morgan fingerprint density at radius 2 is 0.542 bits per heavy atom. The Morgan fingerprint density at radius 3 is 0.889 bits per heavy atom. The fourth-order valence-electron chi connectivity index (χ4n) is 8.56. The van der Waals surface area contributed by atoms with Gasteiger partial charge in [-0.2, -0.15) is 0 Å². The van der Waals surface area contributed by atoms with E-state index in [0.29, 0.717) is 19.3 Å². The van der Waals surface area contributed by atoms with Crippen LogP contribution in [0, 0.1) is 0 Å². The van der Waals surface area contributed by atoms with E-state index < -0.39 is 6.10 Å². The monoisotopic (exact) mass is 1000 g/mol.